The molecular formula is C79H151NO5. The molecule has 0 rings (SSSR count). The zero-order chi connectivity index (χ0) is 61.3. The summed E-state index contributed by atoms with van der Waals surface area (Å²) in [5.74, 6) is -0.0536. The maximum absolute atomic E-state index is 12.5. The van der Waals surface area contributed by atoms with E-state index in [-0.39, 0.29) is 18.5 Å². The number of aliphatic hydroxyl groups is 2. The van der Waals surface area contributed by atoms with E-state index in [0.717, 1.165) is 44.9 Å². The van der Waals surface area contributed by atoms with Gasteiger partial charge in [0.25, 0.3) is 0 Å². The molecule has 3 N–H and O–H groups in total. The van der Waals surface area contributed by atoms with Gasteiger partial charge in [-0.15, -0.1) is 0 Å². The molecule has 0 heterocycles. The van der Waals surface area contributed by atoms with E-state index in [4.69, 9.17) is 4.74 Å². The van der Waals surface area contributed by atoms with Crippen molar-refractivity contribution in [2.24, 2.45) is 0 Å². The number of nitrogens with one attached hydrogen (secondary N) is 1. The van der Waals surface area contributed by atoms with Crippen LogP contribution in [0.1, 0.15) is 431 Å². The molecule has 0 spiro atoms. The maximum atomic E-state index is 12.5. The van der Waals surface area contributed by atoms with Gasteiger partial charge in [0.15, 0.2) is 0 Å². The summed E-state index contributed by atoms with van der Waals surface area (Å²) < 4.78 is 5.49. The Balaban J connectivity index is 3.40. The number of unbranched alkanes of at least 4 members (excludes halogenated alkanes) is 58. The largest absolute Gasteiger partial charge is 0.466 e. The molecule has 502 valence electrons. The minimum absolute atomic E-state index is 0.00895. The summed E-state index contributed by atoms with van der Waals surface area (Å²) in [6.07, 6.45) is 96.8. The maximum Gasteiger partial charge on any atom is 0.305 e. The third-order valence-electron chi connectivity index (χ3n) is 18.1. The molecule has 2 unspecified atom stereocenters. The minimum Gasteiger partial charge on any atom is -0.466 e. The lowest BCUT2D eigenvalue weighted by atomic mass is 10.0. The number of aliphatic hydroxyl groups excluding tert-OH is 2. The summed E-state index contributed by atoms with van der Waals surface area (Å²) in [5.41, 5.74) is 0. The van der Waals surface area contributed by atoms with Gasteiger partial charge in [-0.1, -0.05) is 371 Å². The molecule has 1 amide bonds. The van der Waals surface area contributed by atoms with Crippen molar-refractivity contribution in [2.45, 2.75) is 443 Å². The fourth-order valence-corrected chi connectivity index (χ4v) is 12.2. The van der Waals surface area contributed by atoms with Crippen LogP contribution in [0.3, 0.4) is 0 Å². The highest BCUT2D eigenvalue weighted by molar-refractivity contribution is 5.76. The average Bonchev–Trinajstić information content (AvgIpc) is 3.51. The van der Waals surface area contributed by atoms with Crippen LogP contribution in [0.2, 0.25) is 0 Å². The zero-order valence-corrected chi connectivity index (χ0v) is 57.6. The van der Waals surface area contributed by atoms with Gasteiger partial charge < -0.3 is 20.3 Å². The lowest BCUT2D eigenvalue weighted by Crippen LogP contribution is -2.45. The van der Waals surface area contributed by atoms with E-state index in [2.05, 4.69) is 43.5 Å². The molecule has 0 aromatic rings. The highest BCUT2D eigenvalue weighted by Gasteiger charge is 2.18. The molecule has 6 heteroatoms. The van der Waals surface area contributed by atoms with Crippen LogP contribution < -0.4 is 5.32 Å². The SMILES string of the molecule is CCCCCCCC/C=C\CCCCCCCC(=O)OCCCCCCCCCCCCCC/C=C\CCCCCCCCCCCCCCCC(=O)NC(CO)C(O)/C=C/CCCCCCCCCCCCCCCCCCCCCCCC. The monoisotopic (exact) mass is 1190 g/mol. The topological polar surface area (TPSA) is 95.9 Å². The molecule has 0 radical (unpaired) electrons. The van der Waals surface area contributed by atoms with Crippen LogP contribution in [0.4, 0.5) is 0 Å². The van der Waals surface area contributed by atoms with Gasteiger partial charge in [-0.3, -0.25) is 9.59 Å². The van der Waals surface area contributed by atoms with Gasteiger partial charge in [0.1, 0.15) is 0 Å². The van der Waals surface area contributed by atoms with Crippen LogP contribution in [-0.2, 0) is 14.3 Å². The first-order chi connectivity index (χ1) is 42.0. The Kier molecular flexibility index (Phi) is 72.9. The highest BCUT2D eigenvalue weighted by Crippen LogP contribution is 2.19. The van der Waals surface area contributed by atoms with Gasteiger partial charge in [0.2, 0.25) is 5.91 Å². The number of ether oxygens (including phenoxy) is 1. The van der Waals surface area contributed by atoms with Crippen molar-refractivity contribution in [1.82, 2.24) is 5.32 Å². The molecular weight excluding hydrogens is 1040 g/mol. The standard InChI is InChI=1S/C79H151NO5/c1-3-5-7-9-11-13-15-17-19-20-21-22-23-31-34-37-40-44-47-51-55-59-63-67-71-77(82)76(75-81)80-78(83)72-68-64-60-56-52-48-45-41-38-35-32-29-27-25-24-26-28-30-33-36-39-42-46-50-54-58-62-66-70-74-85-79(84)73-69-65-61-57-53-49-43-18-16-14-12-10-8-6-4-2/h18,24,26,43,67,71,76-77,81-82H,3-17,19-23,25,27-42,44-66,68-70,72-75H2,1-2H3,(H,80,83)/b26-24-,43-18-,71-67+. The van der Waals surface area contributed by atoms with Crippen molar-refractivity contribution < 1.29 is 24.5 Å². The molecule has 0 bridgehead atoms. The van der Waals surface area contributed by atoms with Gasteiger partial charge in [-0.25, -0.2) is 0 Å². The molecule has 85 heavy (non-hydrogen) atoms. The number of hydrogen-bond donors (Lipinski definition) is 3. The third-order valence-corrected chi connectivity index (χ3v) is 18.1. The van der Waals surface area contributed by atoms with Crippen LogP contribution in [0.15, 0.2) is 36.5 Å². The Labute approximate surface area is 532 Å². The number of carbonyl (C=O) groups is 2. The number of rotatable bonds is 73. The Hall–Kier alpha value is -1.92. The predicted molar refractivity (Wildman–Crippen MR) is 375 cm³/mol. The first kappa shape index (κ1) is 83.1. The molecule has 2 atom stereocenters. The van der Waals surface area contributed by atoms with Crippen molar-refractivity contribution in [3.05, 3.63) is 36.5 Å². The molecule has 0 aliphatic heterocycles. The van der Waals surface area contributed by atoms with Crippen molar-refractivity contribution >= 4 is 11.9 Å². The molecule has 0 saturated heterocycles. The van der Waals surface area contributed by atoms with E-state index < -0.39 is 12.1 Å². The Bertz CT molecular complexity index is 1380. The van der Waals surface area contributed by atoms with E-state index in [0.29, 0.717) is 19.4 Å². The van der Waals surface area contributed by atoms with Crippen molar-refractivity contribution in [3.8, 4) is 0 Å². The van der Waals surface area contributed by atoms with E-state index in [1.54, 1.807) is 6.08 Å². The van der Waals surface area contributed by atoms with Gasteiger partial charge in [0, 0.05) is 12.8 Å². The minimum atomic E-state index is -0.846. The second kappa shape index (κ2) is 74.5. The summed E-state index contributed by atoms with van der Waals surface area (Å²) in [7, 11) is 0. The van der Waals surface area contributed by atoms with Crippen LogP contribution in [0.25, 0.3) is 0 Å². The Morgan fingerprint density at radius 1 is 0.318 bits per heavy atom. The normalized spacial score (nSPS) is 12.7. The first-order valence-electron chi connectivity index (χ1n) is 38.8. The van der Waals surface area contributed by atoms with Crippen molar-refractivity contribution in [3.63, 3.8) is 0 Å². The van der Waals surface area contributed by atoms with E-state index in [9.17, 15) is 19.8 Å². The molecule has 0 aromatic heterocycles. The molecule has 0 fully saturated rings. The Morgan fingerprint density at radius 3 is 0.835 bits per heavy atom. The predicted octanol–water partition coefficient (Wildman–Crippen LogP) is 25.4. The smallest absolute Gasteiger partial charge is 0.305 e. The molecule has 0 aliphatic rings. The number of esters is 1. The highest BCUT2D eigenvalue weighted by atomic mass is 16.5. The summed E-state index contributed by atoms with van der Waals surface area (Å²) >= 11 is 0. The summed E-state index contributed by atoms with van der Waals surface area (Å²) in [6.45, 7) is 4.94. The summed E-state index contributed by atoms with van der Waals surface area (Å²) in [6, 6.07) is -0.629. The van der Waals surface area contributed by atoms with E-state index in [1.807, 2.05) is 6.08 Å². The summed E-state index contributed by atoms with van der Waals surface area (Å²) in [5, 5.41) is 23.3. The fraction of sp³-hybridized carbons (Fsp3) is 0.899. The lowest BCUT2D eigenvalue weighted by molar-refractivity contribution is -0.143. The average molecular weight is 1200 g/mol. The molecule has 0 aromatic carbocycles. The number of allylic oxidation sites excluding steroid dienone is 5. The van der Waals surface area contributed by atoms with Gasteiger partial charge in [-0.05, 0) is 83.5 Å². The Morgan fingerprint density at radius 2 is 0.553 bits per heavy atom. The van der Waals surface area contributed by atoms with E-state index >= 15 is 0 Å². The molecule has 0 saturated carbocycles. The number of hydrogen-bond acceptors (Lipinski definition) is 5. The third kappa shape index (κ3) is 71.0. The van der Waals surface area contributed by atoms with Crippen LogP contribution in [-0.4, -0.2) is 47.4 Å². The van der Waals surface area contributed by atoms with Crippen molar-refractivity contribution in [1.29, 1.82) is 0 Å². The van der Waals surface area contributed by atoms with Crippen LogP contribution >= 0.6 is 0 Å². The van der Waals surface area contributed by atoms with Gasteiger partial charge >= 0.3 is 5.97 Å². The first-order valence-corrected chi connectivity index (χ1v) is 38.8. The molecule has 6 nitrogen and oxygen atoms in total. The summed E-state index contributed by atoms with van der Waals surface area (Å²) in [4.78, 5) is 24.6. The second-order valence-electron chi connectivity index (χ2n) is 26.7. The van der Waals surface area contributed by atoms with Crippen LogP contribution in [0.5, 0.6) is 0 Å². The second-order valence-corrected chi connectivity index (χ2v) is 26.7. The quantitative estimate of drug-likeness (QED) is 0.0320. The zero-order valence-electron chi connectivity index (χ0n) is 57.6. The number of amides is 1. The van der Waals surface area contributed by atoms with Crippen molar-refractivity contribution in [2.75, 3.05) is 13.2 Å². The van der Waals surface area contributed by atoms with E-state index in [1.165, 1.54) is 360 Å². The van der Waals surface area contributed by atoms with Gasteiger partial charge in [0.05, 0.1) is 25.4 Å². The number of carbonyl (C=O) groups excluding carboxylic acids is 2. The fourth-order valence-electron chi connectivity index (χ4n) is 12.2. The van der Waals surface area contributed by atoms with Gasteiger partial charge in [-0.2, -0.15) is 0 Å². The molecule has 0 aliphatic carbocycles. The lowest BCUT2D eigenvalue weighted by Gasteiger charge is -2.20. The van der Waals surface area contributed by atoms with Crippen LogP contribution in [0, 0.1) is 0 Å².